The number of nitrogens with one attached hydrogen (secondary N) is 2. The molecule has 0 bridgehead atoms. The number of hydrogen-bond acceptors (Lipinski definition) is 4. The minimum Gasteiger partial charge on any atom is -0.497 e. The van der Waals surface area contributed by atoms with Crippen molar-refractivity contribution in [2.45, 2.75) is 13.5 Å². The monoisotopic (exact) mass is 463 g/mol. The maximum Gasteiger partial charge on any atom is 0.269 e. The lowest BCUT2D eigenvalue weighted by molar-refractivity contribution is 0.0937. The van der Waals surface area contributed by atoms with Crippen molar-refractivity contribution in [1.82, 2.24) is 10.9 Å². The summed E-state index contributed by atoms with van der Waals surface area (Å²) in [6.07, 6.45) is 1.93. The minimum absolute atomic E-state index is 0.00180. The third kappa shape index (κ3) is 4.46. The highest BCUT2D eigenvalue weighted by molar-refractivity contribution is 6.24. The Hall–Kier alpha value is -4.58. The summed E-state index contributed by atoms with van der Waals surface area (Å²) < 4.78 is 5.17. The van der Waals surface area contributed by atoms with Crippen LogP contribution in [-0.4, -0.2) is 18.9 Å². The van der Waals surface area contributed by atoms with E-state index in [1.54, 1.807) is 24.1 Å². The Bertz CT molecular complexity index is 1440. The summed E-state index contributed by atoms with van der Waals surface area (Å²) in [7, 11) is 1.63. The molecule has 1 aliphatic rings. The SMILES string of the molecule is COc1ccc(/C=C(/C)NNC(=O)c2ccc(CN3C(=O)c4cccc5cccc3c45)cc2)cc1. The molecule has 0 unspecified atom stereocenters. The van der Waals surface area contributed by atoms with Gasteiger partial charge in [0, 0.05) is 22.2 Å². The lowest BCUT2D eigenvalue weighted by Crippen LogP contribution is -2.36. The number of allylic oxidation sites excluding steroid dienone is 1. The van der Waals surface area contributed by atoms with Gasteiger partial charge in [-0.1, -0.05) is 48.5 Å². The van der Waals surface area contributed by atoms with Crippen molar-refractivity contribution in [2.24, 2.45) is 0 Å². The molecular formula is C29H25N3O3. The number of anilines is 1. The standard InChI is InChI=1S/C29H25N3O3/c1-19(17-20-11-15-24(35-2)16-12-20)30-31-28(33)23-13-9-21(10-14-23)18-32-26-8-4-6-22-5-3-7-25(27(22)26)29(32)34/h3-17,30H,18H2,1-2H3,(H,31,33)/b19-17-. The van der Waals surface area contributed by atoms with Crippen molar-refractivity contribution in [2.75, 3.05) is 12.0 Å². The van der Waals surface area contributed by atoms with Crippen LogP contribution in [0.25, 0.3) is 16.8 Å². The van der Waals surface area contributed by atoms with Crippen molar-refractivity contribution in [3.63, 3.8) is 0 Å². The van der Waals surface area contributed by atoms with E-state index in [4.69, 9.17) is 4.74 Å². The first-order chi connectivity index (χ1) is 17.0. The minimum atomic E-state index is -0.242. The van der Waals surface area contributed by atoms with E-state index in [-0.39, 0.29) is 11.8 Å². The van der Waals surface area contributed by atoms with Gasteiger partial charge < -0.3 is 15.1 Å². The molecule has 2 amide bonds. The van der Waals surface area contributed by atoms with Crippen LogP contribution in [0.15, 0.2) is 90.6 Å². The Kier molecular flexibility index (Phi) is 5.94. The lowest BCUT2D eigenvalue weighted by atomic mass is 10.1. The van der Waals surface area contributed by atoms with Crippen LogP contribution in [0.3, 0.4) is 0 Å². The second-order valence-electron chi connectivity index (χ2n) is 8.45. The molecule has 0 fully saturated rings. The number of carbonyl (C=O) groups excluding carboxylic acids is 2. The molecule has 0 aliphatic carbocycles. The number of methoxy groups -OCH3 is 1. The number of hydrogen-bond donors (Lipinski definition) is 2. The molecule has 4 aromatic carbocycles. The molecule has 174 valence electrons. The molecule has 6 nitrogen and oxygen atoms in total. The molecule has 2 N–H and O–H groups in total. The Morgan fingerprint density at radius 1 is 0.914 bits per heavy atom. The number of rotatable bonds is 7. The molecule has 0 aromatic heterocycles. The molecule has 6 heteroatoms. The predicted molar refractivity (Wildman–Crippen MR) is 138 cm³/mol. The third-order valence-corrected chi connectivity index (χ3v) is 6.08. The number of carbonyl (C=O) groups is 2. The van der Waals surface area contributed by atoms with Gasteiger partial charge in [0.15, 0.2) is 0 Å². The number of amides is 2. The number of benzene rings is 4. The smallest absolute Gasteiger partial charge is 0.269 e. The zero-order chi connectivity index (χ0) is 24.4. The highest BCUT2D eigenvalue weighted by atomic mass is 16.5. The number of ether oxygens (including phenoxy) is 1. The summed E-state index contributed by atoms with van der Waals surface area (Å²) in [5.41, 5.74) is 10.6. The molecule has 0 saturated carbocycles. The molecule has 0 radical (unpaired) electrons. The van der Waals surface area contributed by atoms with Gasteiger partial charge in [-0.2, -0.15) is 0 Å². The van der Waals surface area contributed by atoms with E-state index in [0.29, 0.717) is 12.1 Å². The summed E-state index contributed by atoms with van der Waals surface area (Å²) in [6, 6.07) is 26.7. The van der Waals surface area contributed by atoms with Gasteiger partial charge in [0.05, 0.1) is 19.3 Å². The van der Waals surface area contributed by atoms with Gasteiger partial charge >= 0.3 is 0 Å². The van der Waals surface area contributed by atoms with Crippen LogP contribution in [0, 0.1) is 0 Å². The van der Waals surface area contributed by atoms with E-state index in [0.717, 1.165) is 44.6 Å². The zero-order valence-corrected chi connectivity index (χ0v) is 19.5. The molecule has 0 spiro atoms. The Morgan fingerprint density at radius 2 is 1.63 bits per heavy atom. The topological polar surface area (TPSA) is 70.7 Å². The van der Waals surface area contributed by atoms with Crippen LogP contribution in [0.4, 0.5) is 5.69 Å². The van der Waals surface area contributed by atoms with E-state index >= 15 is 0 Å². The van der Waals surface area contributed by atoms with Crippen molar-refractivity contribution in [1.29, 1.82) is 0 Å². The van der Waals surface area contributed by atoms with E-state index in [1.165, 1.54) is 0 Å². The first-order valence-electron chi connectivity index (χ1n) is 11.3. The van der Waals surface area contributed by atoms with E-state index in [9.17, 15) is 9.59 Å². The third-order valence-electron chi connectivity index (χ3n) is 6.08. The molecular weight excluding hydrogens is 438 g/mol. The Balaban J connectivity index is 1.22. The number of hydrazine groups is 1. The highest BCUT2D eigenvalue weighted by Crippen LogP contribution is 2.37. The van der Waals surface area contributed by atoms with Crippen LogP contribution in [0.2, 0.25) is 0 Å². The maximum absolute atomic E-state index is 13.0. The van der Waals surface area contributed by atoms with E-state index in [2.05, 4.69) is 10.9 Å². The van der Waals surface area contributed by atoms with Gasteiger partial charge in [0.1, 0.15) is 5.75 Å². The fourth-order valence-electron chi connectivity index (χ4n) is 4.29. The van der Waals surface area contributed by atoms with Crippen LogP contribution in [0.1, 0.15) is 38.8 Å². The van der Waals surface area contributed by atoms with Crippen LogP contribution < -0.4 is 20.5 Å². The van der Waals surface area contributed by atoms with Gasteiger partial charge in [-0.15, -0.1) is 0 Å². The fraction of sp³-hybridized carbons (Fsp3) is 0.103. The van der Waals surface area contributed by atoms with Crippen molar-refractivity contribution >= 4 is 34.4 Å². The average molecular weight is 464 g/mol. The van der Waals surface area contributed by atoms with E-state index < -0.39 is 0 Å². The van der Waals surface area contributed by atoms with Crippen molar-refractivity contribution < 1.29 is 14.3 Å². The van der Waals surface area contributed by atoms with Crippen LogP contribution >= 0.6 is 0 Å². The first-order valence-corrected chi connectivity index (χ1v) is 11.3. The van der Waals surface area contributed by atoms with Crippen molar-refractivity contribution in [3.8, 4) is 5.75 Å². The lowest BCUT2D eigenvalue weighted by Gasteiger charge is -2.18. The van der Waals surface area contributed by atoms with Crippen LogP contribution in [0.5, 0.6) is 5.75 Å². The molecule has 4 aromatic rings. The summed E-state index contributed by atoms with van der Waals surface area (Å²) >= 11 is 0. The number of nitrogens with zero attached hydrogens (tertiary/aromatic N) is 1. The summed E-state index contributed by atoms with van der Waals surface area (Å²) in [5, 5.41) is 2.06. The predicted octanol–water partition coefficient (Wildman–Crippen LogP) is 5.30. The van der Waals surface area contributed by atoms with Gasteiger partial charge in [-0.25, -0.2) is 0 Å². The molecule has 0 atom stereocenters. The zero-order valence-electron chi connectivity index (χ0n) is 19.5. The van der Waals surface area contributed by atoms with Crippen LogP contribution in [-0.2, 0) is 6.54 Å². The summed E-state index contributed by atoms with van der Waals surface area (Å²) in [5.74, 6) is 0.551. The van der Waals surface area contributed by atoms with Gasteiger partial charge in [0.25, 0.3) is 11.8 Å². The summed E-state index contributed by atoms with van der Waals surface area (Å²) in [6.45, 7) is 2.32. The largest absolute Gasteiger partial charge is 0.497 e. The second-order valence-corrected chi connectivity index (χ2v) is 8.45. The molecule has 1 heterocycles. The normalized spacial score (nSPS) is 12.7. The Labute approximate surface area is 203 Å². The van der Waals surface area contributed by atoms with Gasteiger partial charge in [-0.3, -0.25) is 15.0 Å². The highest BCUT2D eigenvalue weighted by Gasteiger charge is 2.29. The maximum atomic E-state index is 13.0. The van der Waals surface area contributed by atoms with Crippen molar-refractivity contribution in [3.05, 3.63) is 113 Å². The quantitative estimate of drug-likeness (QED) is 0.365. The molecule has 5 rings (SSSR count). The Morgan fingerprint density at radius 3 is 2.34 bits per heavy atom. The average Bonchev–Trinajstić information content (AvgIpc) is 3.16. The van der Waals surface area contributed by atoms with E-state index in [1.807, 2.05) is 85.8 Å². The fourth-order valence-corrected chi connectivity index (χ4v) is 4.29. The second kappa shape index (κ2) is 9.35. The first kappa shape index (κ1) is 22.2. The molecule has 35 heavy (non-hydrogen) atoms. The van der Waals surface area contributed by atoms with Gasteiger partial charge in [-0.05, 0) is 65.9 Å². The van der Waals surface area contributed by atoms with Gasteiger partial charge in [0.2, 0.25) is 0 Å². The molecule has 0 saturated heterocycles. The summed E-state index contributed by atoms with van der Waals surface area (Å²) in [4.78, 5) is 27.4. The molecule has 1 aliphatic heterocycles.